The normalized spacial score (nSPS) is 16.2. The van der Waals surface area contributed by atoms with E-state index in [2.05, 4.69) is 36.1 Å². The second kappa shape index (κ2) is 6.03. The van der Waals surface area contributed by atoms with Crippen LogP contribution in [0.2, 0.25) is 0 Å². The predicted molar refractivity (Wildman–Crippen MR) is 85.5 cm³/mol. The summed E-state index contributed by atoms with van der Waals surface area (Å²) < 4.78 is 0.747. The lowest BCUT2D eigenvalue weighted by Gasteiger charge is -2.25. The Balaban J connectivity index is 1.72. The zero-order chi connectivity index (χ0) is 14.8. The molecule has 0 spiro atoms. The lowest BCUT2D eigenvalue weighted by molar-refractivity contribution is -0.117. The highest BCUT2D eigenvalue weighted by atomic mass is 79.9. The number of piperidine rings is 1. The van der Waals surface area contributed by atoms with Crippen molar-refractivity contribution in [3.05, 3.63) is 27.1 Å². The maximum atomic E-state index is 12.1. The Hall–Kier alpha value is -1.60. The van der Waals surface area contributed by atoms with Gasteiger partial charge in [0.25, 0.3) is 0 Å². The molecule has 1 aliphatic rings. The molecule has 2 aromatic rings. The van der Waals surface area contributed by atoms with Gasteiger partial charge in [-0.2, -0.15) is 0 Å². The Labute approximate surface area is 130 Å². The van der Waals surface area contributed by atoms with Crippen molar-refractivity contribution in [2.45, 2.75) is 19.3 Å². The number of aromatic amines is 2. The number of imidazole rings is 1. The summed E-state index contributed by atoms with van der Waals surface area (Å²) >= 11 is 3.42. The molecule has 1 aliphatic heterocycles. The van der Waals surface area contributed by atoms with Crippen LogP contribution in [0.1, 0.15) is 19.3 Å². The Morgan fingerprint density at radius 2 is 1.86 bits per heavy atom. The van der Waals surface area contributed by atoms with Crippen molar-refractivity contribution in [1.82, 2.24) is 14.9 Å². The third-order valence-electron chi connectivity index (χ3n) is 3.69. The average molecular weight is 353 g/mol. The van der Waals surface area contributed by atoms with Crippen LogP contribution in [0.5, 0.6) is 0 Å². The number of nitrogens with zero attached hydrogens (tertiary/aromatic N) is 1. The molecule has 1 aromatic carbocycles. The number of fused-ring (bicyclic) bond motifs is 1. The largest absolute Gasteiger partial charge is 0.324 e. The summed E-state index contributed by atoms with van der Waals surface area (Å²) in [5.74, 6) is -0.0326. The van der Waals surface area contributed by atoms with Gasteiger partial charge < -0.3 is 15.3 Å². The number of hydrogen-bond acceptors (Lipinski definition) is 3. The number of carbonyl (C=O) groups is 1. The van der Waals surface area contributed by atoms with Crippen LogP contribution in [-0.4, -0.2) is 40.4 Å². The van der Waals surface area contributed by atoms with E-state index >= 15 is 0 Å². The van der Waals surface area contributed by atoms with Crippen LogP contribution in [-0.2, 0) is 4.79 Å². The molecule has 0 unspecified atom stereocenters. The summed E-state index contributed by atoms with van der Waals surface area (Å²) in [6.07, 6.45) is 3.57. The number of benzene rings is 1. The predicted octanol–water partition coefficient (Wildman–Crippen LogP) is 2.04. The number of carbonyl (C=O) groups excluding carboxylic acids is 1. The summed E-state index contributed by atoms with van der Waals surface area (Å²) in [5, 5.41) is 2.90. The summed E-state index contributed by atoms with van der Waals surface area (Å²) in [6.45, 7) is 2.38. The van der Waals surface area contributed by atoms with E-state index in [1.165, 1.54) is 6.42 Å². The van der Waals surface area contributed by atoms with E-state index in [0.29, 0.717) is 23.3 Å². The van der Waals surface area contributed by atoms with Gasteiger partial charge in [-0.1, -0.05) is 6.42 Å². The van der Waals surface area contributed by atoms with E-state index in [1.54, 1.807) is 12.1 Å². The molecule has 1 amide bonds. The molecule has 0 radical (unpaired) electrons. The van der Waals surface area contributed by atoms with E-state index in [9.17, 15) is 9.59 Å². The van der Waals surface area contributed by atoms with Crippen molar-refractivity contribution in [2.24, 2.45) is 0 Å². The molecular weight excluding hydrogens is 336 g/mol. The molecule has 3 rings (SSSR count). The second-order valence-electron chi connectivity index (χ2n) is 5.34. The van der Waals surface area contributed by atoms with Gasteiger partial charge in [-0.3, -0.25) is 9.69 Å². The van der Waals surface area contributed by atoms with E-state index in [0.717, 1.165) is 30.4 Å². The van der Waals surface area contributed by atoms with Gasteiger partial charge in [-0.25, -0.2) is 4.79 Å². The molecule has 0 bridgehead atoms. The van der Waals surface area contributed by atoms with Crippen LogP contribution >= 0.6 is 15.9 Å². The first-order valence-electron chi connectivity index (χ1n) is 7.05. The minimum atomic E-state index is -0.256. The third-order valence-corrected chi connectivity index (χ3v) is 4.35. The van der Waals surface area contributed by atoms with Crippen molar-refractivity contribution in [1.29, 1.82) is 0 Å². The SMILES string of the molecule is O=C(CN1CCCCC1)Nc1cc2[nH]c(=O)[nH]c2cc1Br. The maximum Gasteiger partial charge on any atom is 0.323 e. The molecule has 1 aromatic heterocycles. The monoisotopic (exact) mass is 352 g/mol. The summed E-state index contributed by atoms with van der Waals surface area (Å²) in [7, 11) is 0. The molecule has 6 nitrogen and oxygen atoms in total. The van der Waals surface area contributed by atoms with Gasteiger partial charge in [0, 0.05) is 4.47 Å². The Morgan fingerprint density at radius 3 is 2.57 bits per heavy atom. The van der Waals surface area contributed by atoms with Crippen molar-refractivity contribution in [2.75, 3.05) is 25.0 Å². The lowest BCUT2D eigenvalue weighted by Crippen LogP contribution is -2.36. The number of nitrogens with one attached hydrogen (secondary N) is 3. The molecule has 112 valence electrons. The van der Waals surface area contributed by atoms with Crippen LogP contribution in [0.4, 0.5) is 5.69 Å². The number of anilines is 1. The first-order valence-corrected chi connectivity index (χ1v) is 7.85. The van der Waals surface area contributed by atoms with Crippen LogP contribution in [0.15, 0.2) is 21.4 Å². The van der Waals surface area contributed by atoms with Gasteiger partial charge in [0.05, 0.1) is 23.3 Å². The maximum absolute atomic E-state index is 12.1. The fourth-order valence-corrected chi connectivity index (χ4v) is 3.10. The van der Waals surface area contributed by atoms with Gasteiger partial charge in [0.2, 0.25) is 5.91 Å². The van der Waals surface area contributed by atoms with Crippen LogP contribution in [0.3, 0.4) is 0 Å². The number of rotatable bonds is 3. The molecule has 0 atom stereocenters. The van der Waals surface area contributed by atoms with E-state index in [4.69, 9.17) is 0 Å². The van der Waals surface area contributed by atoms with Gasteiger partial charge in [-0.05, 0) is 54.0 Å². The first-order chi connectivity index (χ1) is 10.1. The third kappa shape index (κ3) is 3.36. The minimum Gasteiger partial charge on any atom is -0.324 e. The fraction of sp³-hybridized carbons (Fsp3) is 0.429. The van der Waals surface area contributed by atoms with E-state index in [-0.39, 0.29) is 11.6 Å². The van der Waals surface area contributed by atoms with Crippen molar-refractivity contribution in [3.63, 3.8) is 0 Å². The molecule has 21 heavy (non-hydrogen) atoms. The number of amides is 1. The lowest BCUT2D eigenvalue weighted by atomic mass is 10.1. The quantitative estimate of drug-likeness (QED) is 0.790. The van der Waals surface area contributed by atoms with Crippen molar-refractivity contribution in [3.8, 4) is 0 Å². The zero-order valence-corrected chi connectivity index (χ0v) is 13.1. The molecule has 1 saturated heterocycles. The summed E-state index contributed by atoms with van der Waals surface area (Å²) in [6, 6.07) is 3.54. The standard InChI is InChI=1S/C14H17BrN4O2/c15-9-6-11-12(18-14(21)17-11)7-10(9)16-13(20)8-19-4-2-1-3-5-19/h6-7H,1-5,8H2,(H,16,20)(H2,17,18,21). The Kier molecular flexibility index (Phi) is 4.12. The summed E-state index contributed by atoms with van der Waals surface area (Å²) in [4.78, 5) is 30.9. The molecule has 2 heterocycles. The van der Waals surface area contributed by atoms with E-state index < -0.39 is 0 Å². The fourth-order valence-electron chi connectivity index (χ4n) is 2.66. The first kappa shape index (κ1) is 14.3. The highest BCUT2D eigenvalue weighted by molar-refractivity contribution is 9.10. The molecule has 3 N–H and O–H groups in total. The van der Waals surface area contributed by atoms with Crippen LogP contribution in [0, 0.1) is 0 Å². The summed E-state index contributed by atoms with van der Waals surface area (Å²) in [5.41, 5.74) is 1.80. The molecular formula is C14H17BrN4O2. The Morgan fingerprint density at radius 1 is 1.19 bits per heavy atom. The van der Waals surface area contributed by atoms with Gasteiger partial charge in [0.1, 0.15) is 0 Å². The van der Waals surface area contributed by atoms with Crippen LogP contribution < -0.4 is 11.0 Å². The van der Waals surface area contributed by atoms with Crippen molar-refractivity contribution >= 4 is 38.6 Å². The topological polar surface area (TPSA) is 81.0 Å². The average Bonchev–Trinajstić information content (AvgIpc) is 2.79. The van der Waals surface area contributed by atoms with Gasteiger partial charge >= 0.3 is 5.69 Å². The smallest absolute Gasteiger partial charge is 0.323 e. The zero-order valence-electron chi connectivity index (χ0n) is 11.5. The molecule has 0 saturated carbocycles. The number of aromatic nitrogens is 2. The van der Waals surface area contributed by atoms with E-state index in [1.807, 2.05) is 0 Å². The minimum absolute atomic E-state index is 0.0326. The van der Waals surface area contributed by atoms with Crippen molar-refractivity contribution < 1.29 is 4.79 Å². The van der Waals surface area contributed by atoms with Gasteiger partial charge in [0.15, 0.2) is 0 Å². The molecule has 7 heteroatoms. The highest BCUT2D eigenvalue weighted by Gasteiger charge is 2.15. The van der Waals surface area contributed by atoms with Gasteiger partial charge in [-0.15, -0.1) is 0 Å². The van der Waals surface area contributed by atoms with Crippen LogP contribution in [0.25, 0.3) is 11.0 Å². The Bertz CT molecular complexity index is 715. The number of halogens is 1. The number of H-pyrrole nitrogens is 2. The highest BCUT2D eigenvalue weighted by Crippen LogP contribution is 2.26. The number of likely N-dealkylation sites (tertiary alicyclic amines) is 1. The molecule has 0 aliphatic carbocycles. The number of hydrogen-bond donors (Lipinski definition) is 3. The molecule has 1 fully saturated rings. The second-order valence-corrected chi connectivity index (χ2v) is 6.20.